The molecule has 23 heteroatoms. The van der Waals surface area contributed by atoms with E-state index in [-0.39, 0.29) is 23.5 Å². The lowest BCUT2D eigenvalue weighted by Crippen LogP contribution is -2.46. The number of aliphatic hydroxyl groups is 4. The lowest BCUT2D eigenvalue weighted by molar-refractivity contribution is -0.125. The van der Waals surface area contributed by atoms with Crippen molar-refractivity contribution in [1.29, 1.82) is 0 Å². The third kappa shape index (κ3) is 6.80. The fraction of sp³-hybridized carbons (Fsp3) is 0.619. The SMILES string of the molecule is NC(=O)[C@@H]1CC=CN([C@@H]2O[C@H](COP(=O)(O)OP(=O)(O)OC[C@H]3O[C@@H](n4cnc5c(N)ncnc54)[C@H](O)[C@@H]3O)[C@@H](O)[C@H]2O)C1. The van der Waals surface area contributed by atoms with E-state index in [9.17, 15) is 44.1 Å². The topological polar surface area (TPSA) is 318 Å². The summed E-state index contributed by atoms with van der Waals surface area (Å²) in [5.74, 6) is -1.09. The lowest BCUT2D eigenvalue weighted by Gasteiger charge is -2.34. The van der Waals surface area contributed by atoms with Crippen LogP contribution in [0.25, 0.3) is 11.2 Å². The predicted octanol–water partition coefficient (Wildman–Crippen LogP) is -2.95. The highest BCUT2D eigenvalue weighted by atomic mass is 31.3. The molecular formula is C21H31N7O14P2. The standard InChI is InChI=1S/C21H31N7O14P2/c22-17-12-19(25-7-24-17)28(8-26-12)21-16(32)14(30)11(41-21)6-39-44(36,37)42-43(34,35)38-5-10-13(29)15(31)20(40-10)27-3-1-2-9(4-27)18(23)33/h1,3,7-11,13-16,20-21,29-32H,2,4-6H2,(H2,23,33)(H,34,35)(H,36,37)(H2,22,24,25)/t9-,10-,11-,13-,14-,15-,16-,20-,21-/m1/s1. The van der Waals surface area contributed by atoms with Gasteiger partial charge in [-0.15, -0.1) is 0 Å². The molecule has 2 fully saturated rings. The van der Waals surface area contributed by atoms with Crippen molar-refractivity contribution in [3.63, 3.8) is 0 Å². The summed E-state index contributed by atoms with van der Waals surface area (Å²) in [4.78, 5) is 44.9. The number of aliphatic hydroxyl groups excluding tert-OH is 4. The molecule has 3 aliphatic heterocycles. The van der Waals surface area contributed by atoms with Crippen LogP contribution in [-0.4, -0.2) is 123 Å². The second kappa shape index (κ2) is 12.6. The highest BCUT2D eigenvalue weighted by Gasteiger charge is 2.48. The Bertz CT molecular complexity index is 1500. The highest BCUT2D eigenvalue weighted by molar-refractivity contribution is 7.61. The van der Waals surface area contributed by atoms with Gasteiger partial charge in [0.05, 0.1) is 25.5 Å². The summed E-state index contributed by atoms with van der Waals surface area (Å²) in [6, 6.07) is 0. The van der Waals surface area contributed by atoms with Crippen LogP contribution in [0.3, 0.4) is 0 Å². The van der Waals surface area contributed by atoms with Crippen molar-refractivity contribution in [2.75, 3.05) is 25.5 Å². The first-order valence-electron chi connectivity index (χ1n) is 13.0. The van der Waals surface area contributed by atoms with Gasteiger partial charge < -0.3 is 56.1 Å². The number of phosphoric ester groups is 2. The van der Waals surface area contributed by atoms with Crippen LogP contribution in [-0.2, 0) is 36.8 Å². The predicted molar refractivity (Wildman–Crippen MR) is 142 cm³/mol. The van der Waals surface area contributed by atoms with Crippen LogP contribution in [0, 0.1) is 5.92 Å². The normalized spacial score (nSPS) is 35.1. The zero-order chi connectivity index (χ0) is 32.0. The van der Waals surface area contributed by atoms with E-state index in [0.29, 0.717) is 6.42 Å². The van der Waals surface area contributed by atoms with E-state index >= 15 is 0 Å². The summed E-state index contributed by atoms with van der Waals surface area (Å²) in [6.07, 6.45) is -5.70. The van der Waals surface area contributed by atoms with E-state index < -0.39 is 89.8 Å². The molecular weight excluding hydrogens is 636 g/mol. The molecule has 244 valence electrons. The number of ether oxygens (including phenoxy) is 2. The Morgan fingerprint density at radius 3 is 2.16 bits per heavy atom. The van der Waals surface area contributed by atoms with Gasteiger partial charge in [0, 0.05) is 6.54 Å². The fourth-order valence-electron chi connectivity index (χ4n) is 4.95. The second-order valence-corrected chi connectivity index (χ2v) is 13.2. The quantitative estimate of drug-likeness (QED) is 0.111. The van der Waals surface area contributed by atoms with Gasteiger partial charge in [-0.3, -0.25) is 18.4 Å². The number of anilines is 1. The molecule has 0 radical (unpaired) electrons. The van der Waals surface area contributed by atoms with E-state index in [0.717, 1.165) is 6.33 Å². The monoisotopic (exact) mass is 667 g/mol. The maximum atomic E-state index is 12.4. The third-order valence-electron chi connectivity index (χ3n) is 7.22. The molecule has 10 N–H and O–H groups in total. The van der Waals surface area contributed by atoms with E-state index in [1.807, 2.05) is 0 Å². The van der Waals surface area contributed by atoms with Gasteiger partial charge in [0.1, 0.15) is 48.5 Å². The third-order valence-corrected chi connectivity index (χ3v) is 9.83. The summed E-state index contributed by atoms with van der Waals surface area (Å²) in [7, 11) is -10.7. The number of nitrogens with zero attached hydrogens (tertiary/aromatic N) is 5. The van der Waals surface area contributed by atoms with Gasteiger partial charge in [-0.1, -0.05) is 6.08 Å². The number of imidazole rings is 1. The van der Waals surface area contributed by atoms with Crippen LogP contribution in [0.5, 0.6) is 0 Å². The minimum atomic E-state index is -5.36. The number of allylic oxidation sites excluding steroid dienone is 1. The summed E-state index contributed by atoms with van der Waals surface area (Å²) in [5, 5.41) is 41.7. The molecule has 2 aromatic heterocycles. The van der Waals surface area contributed by atoms with Crippen LogP contribution in [0.4, 0.5) is 5.82 Å². The first-order valence-corrected chi connectivity index (χ1v) is 16.0. The molecule has 1 amide bonds. The molecule has 3 aliphatic rings. The highest BCUT2D eigenvalue weighted by Crippen LogP contribution is 2.60. The van der Waals surface area contributed by atoms with Gasteiger partial charge in [-0.25, -0.2) is 24.1 Å². The number of aromatic nitrogens is 4. The minimum Gasteiger partial charge on any atom is -0.387 e. The Morgan fingerprint density at radius 2 is 1.55 bits per heavy atom. The number of primary amides is 1. The molecule has 2 aromatic rings. The molecule has 44 heavy (non-hydrogen) atoms. The van der Waals surface area contributed by atoms with Crippen molar-refractivity contribution in [1.82, 2.24) is 24.4 Å². The Labute approximate surface area is 247 Å². The zero-order valence-corrected chi connectivity index (χ0v) is 24.4. The van der Waals surface area contributed by atoms with Gasteiger partial charge in [0.25, 0.3) is 0 Å². The van der Waals surface area contributed by atoms with Gasteiger partial charge in [0.2, 0.25) is 5.91 Å². The largest absolute Gasteiger partial charge is 0.481 e. The molecule has 21 nitrogen and oxygen atoms in total. The van der Waals surface area contributed by atoms with Crippen molar-refractivity contribution >= 4 is 38.5 Å². The second-order valence-electron chi connectivity index (χ2n) is 10.2. The maximum absolute atomic E-state index is 12.4. The number of phosphoric acid groups is 2. The van der Waals surface area contributed by atoms with E-state index in [4.69, 9.17) is 30.0 Å². The zero-order valence-electron chi connectivity index (χ0n) is 22.6. The lowest BCUT2D eigenvalue weighted by atomic mass is 10.0. The first-order chi connectivity index (χ1) is 20.7. The van der Waals surface area contributed by atoms with Crippen molar-refractivity contribution in [2.45, 2.75) is 55.5 Å². The number of amides is 1. The minimum absolute atomic E-state index is 0.0539. The smallest absolute Gasteiger partial charge is 0.387 e. The Kier molecular flexibility index (Phi) is 9.41. The summed E-state index contributed by atoms with van der Waals surface area (Å²) in [6.45, 7) is -1.68. The van der Waals surface area contributed by atoms with Gasteiger partial charge in [-0.2, -0.15) is 4.31 Å². The number of fused-ring (bicyclic) bond motifs is 1. The maximum Gasteiger partial charge on any atom is 0.481 e. The fourth-order valence-corrected chi connectivity index (χ4v) is 7.04. The van der Waals surface area contributed by atoms with Gasteiger partial charge in [0.15, 0.2) is 23.9 Å². The van der Waals surface area contributed by atoms with E-state index in [1.54, 1.807) is 6.08 Å². The average molecular weight is 667 g/mol. The summed E-state index contributed by atoms with van der Waals surface area (Å²) in [5.41, 5.74) is 11.5. The molecule has 5 rings (SSSR count). The van der Waals surface area contributed by atoms with Crippen LogP contribution in [0.2, 0.25) is 0 Å². The van der Waals surface area contributed by atoms with Crippen LogP contribution >= 0.6 is 15.6 Å². The van der Waals surface area contributed by atoms with Crippen molar-refractivity contribution < 1.29 is 67.0 Å². The molecule has 5 heterocycles. The van der Waals surface area contributed by atoms with Gasteiger partial charge >= 0.3 is 15.6 Å². The van der Waals surface area contributed by atoms with E-state index in [2.05, 4.69) is 19.3 Å². The summed E-state index contributed by atoms with van der Waals surface area (Å²) < 4.78 is 50.9. The number of nitrogens with two attached hydrogens (primary N) is 2. The van der Waals surface area contributed by atoms with Crippen molar-refractivity contribution in [3.8, 4) is 0 Å². The average Bonchev–Trinajstić information content (AvgIpc) is 3.61. The van der Waals surface area contributed by atoms with Crippen LogP contribution in [0.15, 0.2) is 24.9 Å². The number of carbonyl (C=O) groups is 1. The molecule has 0 aromatic carbocycles. The molecule has 0 saturated carbocycles. The molecule has 0 spiro atoms. The van der Waals surface area contributed by atoms with Crippen LogP contribution < -0.4 is 11.5 Å². The van der Waals surface area contributed by atoms with E-state index in [1.165, 1.54) is 22.0 Å². The van der Waals surface area contributed by atoms with Crippen molar-refractivity contribution in [3.05, 3.63) is 24.9 Å². The van der Waals surface area contributed by atoms with Crippen LogP contribution in [0.1, 0.15) is 12.6 Å². The first kappa shape index (κ1) is 32.8. The Balaban J connectivity index is 1.14. The molecule has 2 unspecified atom stereocenters. The Morgan fingerprint density at radius 1 is 0.955 bits per heavy atom. The molecule has 2 saturated heterocycles. The summed E-state index contributed by atoms with van der Waals surface area (Å²) >= 11 is 0. The van der Waals surface area contributed by atoms with Gasteiger partial charge in [-0.05, 0) is 12.6 Å². The Hall–Kier alpha value is -2.62. The molecule has 0 aliphatic carbocycles. The number of nitrogen functional groups attached to an aromatic ring is 1. The number of carbonyl (C=O) groups excluding carboxylic acids is 1. The number of rotatable bonds is 11. The molecule has 0 bridgehead atoms. The number of hydrogen-bond acceptors (Lipinski definition) is 17. The van der Waals surface area contributed by atoms with Crippen molar-refractivity contribution in [2.24, 2.45) is 11.7 Å². The molecule has 11 atom stereocenters. The number of hydrogen-bond donors (Lipinski definition) is 8.